The highest BCUT2D eigenvalue weighted by Gasteiger charge is 2.33. The molecule has 2 heterocycles. The van der Waals surface area contributed by atoms with Gasteiger partial charge in [-0.25, -0.2) is 9.18 Å². The lowest BCUT2D eigenvalue weighted by Gasteiger charge is -2.35. The van der Waals surface area contributed by atoms with Crippen LogP contribution >= 0.6 is 0 Å². The molecule has 0 atom stereocenters. The van der Waals surface area contributed by atoms with Crippen LogP contribution in [0.25, 0.3) is 0 Å². The fraction of sp³-hybridized carbons (Fsp3) is 0.471. The van der Waals surface area contributed by atoms with Crippen molar-refractivity contribution in [2.75, 3.05) is 50.1 Å². The van der Waals surface area contributed by atoms with Crippen molar-refractivity contribution in [2.24, 2.45) is 0 Å². The van der Waals surface area contributed by atoms with Crippen molar-refractivity contribution in [2.45, 2.75) is 12.8 Å². The van der Waals surface area contributed by atoms with Crippen molar-refractivity contribution in [3.63, 3.8) is 0 Å². The van der Waals surface area contributed by atoms with Crippen LogP contribution in [0.1, 0.15) is 12.8 Å². The highest BCUT2D eigenvalue weighted by molar-refractivity contribution is 6.02. The molecular formula is C17H21FN4O3. The van der Waals surface area contributed by atoms with E-state index in [0.29, 0.717) is 30.9 Å². The Bertz CT molecular complexity index is 724. The predicted octanol–water partition coefficient (Wildman–Crippen LogP) is 1.28. The summed E-state index contributed by atoms with van der Waals surface area (Å²) in [5, 5.41) is 0. The molecule has 0 spiro atoms. The average molecular weight is 348 g/mol. The molecule has 1 aromatic carbocycles. The zero-order chi connectivity index (χ0) is 18.1. The van der Waals surface area contributed by atoms with Crippen molar-refractivity contribution in [3.8, 4) is 0 Å². The number of fused-ring (bicyclic) bond motifs is 1. The number of hydrogen-bond donors (Lipinski definition) is 0. The van der Waals surface area contributed by atoms with Crippen LogP contribution in [0, 0.1) is 5.82 Å². The summed E-state index contributed by atoms with van der Waals surface area (Å²) in [6.07, 6.45) is 0.633. The van der Waals surface area contributed by atoms with Crippen LogP contribution in [0.15, 0.2) is 18.2 Å². The zero-order valence-electron chi connectivity index (χ0n) is 14.4. The Morgan fingerprint density at radius 1 is 1.12 bits per heavy atom. The minimum atomic E-state index is -0.338. The summed E-state index contributed by atoms with van der Waals surface area (Å²) >= 11 is 0. The minimum Gasteiger partial charge on any atom is -0.371 e. The fourth-order valence-corrected chi connectivity index (χ4v) is 3.19. The van der Waals surface area contributed by atoms with Gasteiger partial charge in [0.2, 0.25) is 11.8 Å². The predicted molar refractivity (Wildman–Crippen MR) is 91.0 cm³/mol. The Hall–Kier alpha value is -2.64. The third kappa shape index (κ3) is 3.29. The highest BCUT2D eigenvalue weighted by Crippen LogP contribution is 2.33. The van der Waals surface area contributed by atoms with Crippen LogP contribution in [-0.2, 0) is 9.59 Å². The van der Waals surface area contributed by atoms with E-state index in [-0.39, 0.29) is 43.2 Å². The first kappa shape index (κ1) is 17.2. The molecule has 8 heteroatoms. The number of urea groups is 1. The maximum absolute atomic E-state index is 13.5. The second kappa shape index (κ2) is 6.70. The lowest BCUT2D eigenvalue weighted by Crippen LogP contribution is -2.43. The number of rotatable bonds is 4. The third-order valence-electron chi connectivity index (χ3n) is 4.60. The minimum absolute atomic E-state index is 0.0875. The molecule has 2 aliphatic rings. The maximum atomic E-state index is 13.5. The van der Waals surface area contributed by atoms with E-state index in [1.54, 1.807) is 18.0 Å². The Kier molecular flexibility index (Phi) is 4.61. The first-order valence-electron chi connectivity index (χ1n) is 8.25. The van der Waals surface area contributed by atoms with Crippen LogP contribution in [0.5, 0.6) is 0 Å². The van der Waals surface area contributed by atoms with E-state index >= 15 is 0 Å². The lowest BCUT2D eigenvalue weighted by atomic mass is 10.1. The molecular weight excluding hydrogens is 327 g/mol. The molecule has 134 valence electrons. The van der Waals surface area contributed by atoms with E-state index < -0.39 is 0 Å². The number of carbonyl (C=O) groups excluding carboxylic acids is 3. The van der Waals surface area contributed by atoms with Gasteiger partial charge in [-0.15, -0.1) is 0 Å². The SMILES string of the molecule is CN1CC(=O)N(CCCC(=O)N2CCN(C)c3cc(F)ccc32)C1=O. The van der Waals surface area contributed by atoms with Gasteiger partial charge in [-0.2, -0.15) is 0 Å². The molecule has 0 aliphatic carbocycles. The average Bonchev–Trinajstić information content (AvgIpc) is 2.81. The molecule has 1 saturated heterocycles. The monoisotopic (exact) mass is 348 g/mol. The fourth-order valence-electron chi connectivity index (χ4n) is 3.19. The Balaban J connectivity index is 1.62. The summed E-state index contributed by atoms with van der Waals surface area (Å²) < 4.78 is 13.5. The molecule has 2 aliphatic heterocycles. The summed E-state index contributed by atoms with van der Waals surface area (Å²) in [6.45, 7) is 1.47. The Morgan fingerprint density at radius 2 is 1.88 bits per heavy atom. The van der Waals surface area contributed by atoms with Gasteiger partial charge in [0.15, 0.2) is 0 Å². The second-order valence-electron chi connectivity index (χ2n) is 6.39. The van der Waals surface area contributed by atoms with E-state index in [1.807, 2.05) is 11.9 Å². The summed E-state index contributed by atoms with van der Waals surface area (Å²) in [5.74, 6) is -0.663. The van der Waals surface area contributed by atoms with Gasteiger partial charge in [0.05, 0.1) is 11.4 Å². The van der Waals surface area contributed by atoms with E-state index in [0.717, 1.165) is 0 Å². The molecule has 0 bridgehead atoms. The topological polar surface area (TPSA) is 64.2 Å². The number of carbonyl (C=O) groups is 3. The molecule has 25 heavy (non-hydrogen) atoms. The van der Waals surface area contributed by atoms with Crippen molar-refractivity contribution < 1.29 is 18.8 Å². The van der Waals surface area contributed by atoms with Gasteiger partial charge in [0.25, 0.3) is 0 Å². The third-order valence-corrected chi connectivity index (χ3v) is 4.60. The number of halogens is 1. The number of imide groups is 1. The normalized spacial score (nSPS) is 17.4. The molecule has 7 nitrogen and oxygen atoms in total. The molecule has 3 rings (SSSR count). The number of hydrogen-bond acceptors (Lipinski definition) is 4. The van der Waals surface area contributed by atoms with Crippen molar-refractivity contribution in [3.05, 3.63) is 24.0 Å². The quantitative estimate of drug-likeness (QED) is 0.769. The Labute approximate surface area is 145 Å². The molecule has 1 aromatic rings. The standard InChI is InChI=1S/C17H21FN4O3/c1-19-8-9-21(13-6-5-12(18)10-14(13)19)15(23)4-3-7-22-16(24)11-20(2)17(22)25/h5-6,10H,3-4,7-9,11H2,1-2H3. The summed E-state index contributed by atoms with van der Waals surface area (Å²) in [6, 6.07) is 4.06. The molecule has 0 aromatic heterocycles. The van der Waals surface area contributed by atoms with Crippen LogP contribution in [-0.4, -0.2) is 67.9 Å². The largest absolute Gasteiger partial charge is 0.371 e. The number of nitrogens with zero attached hydrogens (tertiary/aromatic N) is 4. The molecule has 0 N–H and O–H groups in total. The van der Waals surface area contributed by atoms with Crippen molar-refractivity contribution >= 4 is 29.2 Å². The van der Waals surface area contributed by atoms with E-state index in [2.05, 4.69) is 0 Å². The smallest absolute Gasteiger partial charge is 0.326 e. The summed E-state index contributed by atoms with van der Waals surface area (Å²) in [7, 11) is 3.44. The lowest BCUT2D eigenvalue weighted by molar-refractivity contribution is -0.126. The van der Waals surface area contributed by atoms with E-state index in [4.69, 9.17) is 0 Å². The van der Waals surface area contributed by atoms with Gasteiger partial charge >= 0.3 is 6.03 Å². The van der Waals surface area contributed by atoms with Crippen molar-refractivity contribution in [1.29, 1.82) is 0 Å². The number of likely N-dealkylation sites (N-methyl/N-ethyl adjacent to an activating group) is 2. The van der Waals surface area contributed by atoms with Gasteiger partial charge in [-0.05, 0) is 24.6 Å². The molecule has 4 amide bonds. The first-order chi connectivity index (χ1) is 11.9. The molecule has 1 fully saturated rings. The van der Waals surface area contributed by atoms with Gasteiger partial charge in [0, 0.05) is 40.2 Å². The van der Waals surface area contributed by atoms with E-state index in [9.17, 15) is 18.8 Å². The van der Waals surface area contributed by atoms with Crippen LogP contribution in [0.2, 0.25) is 0 Å². The van der Waals surface area contributed by atoms with Gasteiger partial charge in [0.1, 0.15) is 12.4 Å². The van der Waals surface area contributed by atoms with Crippen molar-refractivity contribution in [1.82, 2.24) is 9.80 Å². The van der Waals surface area contributed by atoms with Crippen LogP contribution < -0.4 is 9.80 Å². The Morgan fingerprint density at radius 3 is 2.56 bits per heavy atom. The first-order valence-corrected chi connectivity index (χ1v) is 8.25. The summed E-state index contributed by atoms with van der Waals surface area (Å²) in [4.78, 5) is 42.2. The second-order valence-corrected chi connectivity index (χ2v) is 6.39. The summed E-state index contributed by atoms with van der Waals surface area (Å²) in [5.41, 5.74) is 1.37. The highest BCUT2D eigenvalue weighted by atomic mass is 19.1. The van der Waals surface area contributed by atoms with Crippen LogP contribution in [0.4, 0.5) is 20.6 Å². The van der Waals surface area contributed by atoms with Gasteiger partial charge < -0.3 is 14.7 Å². The zero-order valence-corrected chi connectivity index (χ0v) is 14.4. The number of benzene rings is 1. The van der Waals surface area contributed by atoms with Gasteiger partial charge in [-0.1, -0.05) is 0 Å². The maximum Gasteiger partial charge on any atom is 0.326 e. The van der Waals surface area contributed by atoms with Crippen LogP contribution in [0.3, 0.4) is 0 Å². The number of amides is 4. The molecule has 0 unspecified atom stereocenters. The van der Waals surface area contributed by atoms with E-state index in [1.165, 1.54) is 21.9 Å². The van der Waals surface area contributed by atoms with Gasteiger partial charge in [-0.3, -0.25) is 14.5 Å². The molecule has 0 radical (unpaired) electrons. The number of anilines is 2. The molecule has 0 saturated carbocycles.